The number of hydrogen-bond acceptors (Lipinski definition) is 2. The lowest BCUT2D eigenvalue weighted by Crippen LogP contribution is -2.27. The first-order valence-electron chi connectivity index (χ1n) is 6.20. The number of H-pyrrole nitrogens is 1. The van der Waals surface area contributed by atoms with Crippen LogP contribution in [0.1, 0.15) is 24.1 Å². The fourth-order valence-corrected chi connectivity index (χ4v) is 2.47. The maximum atomic E-state index is 12.4. The number of halogens is 1. The standard InChI is InChI=1S/C14H14ClN3O/c1-9-7-12(18-17-9)16-13(19)14(5-6-14)10-3-2-4-11(15)8-10/h2-4,7-8H,5-6H2,1H3,(H2,16,17,18,19). The van der Waals surface area contributed by atoms with E-state index in [1.54, 1.807) is 0 Å². The summed E-state index contributed by atoms with van der Waals surface area (Å²) in [5.41, 5.74) is 1.46. The fourth-order valence-electron chi connectivity index (χ4n) is 2.28. The smallest absolute Gasteiger partial charge is 0.236 e. The van der Waals surface area contributed by atoms with E-state index in [4.69, 9.17) is 11.6 Å². The first kappa shape index (κ1) is 12.2. The largest absolute Gasteiger partial charge is 0.308 e. The van der Waals surface area contributed by atoms with Crippen molar-refractivity contribution in [1.29, 1.82) is 0 Å². The zero-order valence-corrected chi connectivity index (χ0v) is 11.3. The molecule has 0 bridgehead atoms. The summed E-state index contributed by atoms with van der Waals surface area (Å²) in [4.78, 5) is 12.4. The Bertz CT molecular complexity index is 631. The Morgan fingerprint density at radius 3 is 2.79 bits per heavy atom. The number of aromatic amines is 1. The predicted octanol–water partition coefficient (Wildman–Crippen LogP) is 3.04. The highest BCUT2D eigenvalue weighted by molar-refractivity contribution is 6.30. The average molecular weight is 276 g/mol. The molecule has 19 heavy (non-hydrogen) atoms. The molecule has 1 heterocycles. The van der Waals surface area contributed by atoms with E-state index in [1.165, 1.54) is 0 Å². The molecule has 5 heteroatoms. The summed E-state index contributed by atoms with van der Waals surface area (Å²) in [5.74, 6) is 0.553. The van der Waals surface area contributed by atoms with Crippen LogP contribution in [0, 0.1) is 6.92 Å². The van der Waals surface area contributed by atoms with Crippen molar-refractivity contribution in [1.82, 2.24) is 10.2 Å². The summed E-state index contributed by atoms with van der Waals surface area (Å²) in [7, 11) is 0. The highest BCUT2D eigenvalue weighted by Gasteiger charge is 2.51. The Kier molecular flexibility index (Phi) is 2.82. The van der Waals surface area contributed by atoms with E-state index in [1.807, 2.05) is 37.3 Å². The molecule has 3 rings (SSSR count). The van der Waals surface area contributed by atoms with Crippen molar-refractivity contribution in [3.05, 3.63) is 46.6 Å². The number of rotatable bonds is 3. The number of carbonyl (C=O) groups is 1. The molecule has 0 saturated heterocycles. The van der Waals surface area contributed by atoms with Crippen LogP contribution in [-0.4, -0.2) is 16.1 Å². The summed E-state index contributed by atoms with van der Waals surface area (Å²) in [6.07, 6.45) is 1.70. The molecular formula is C14H14ClN3O. The molecular weight excluding hydrogens is 262 g/mol. The third kappa shape index (κ3) is 2.24. The molecule has 4 nitrogen and oxygen atoms in total. The fraction of sp³-hybridized carbons (Fsp3) is 0.286. The van der Waals surface area contributed by atoms with E-state index >= 15 is 0 Å². The lowest BCUT2D eigenvalue weighted by molar-refractivity contribution is -0.118. The number of anilines is 1. The predicted molar refractivity (Wildman–Crippen MR) is 74.3 cm³/mol. The van der Waals surface area contributed by atoms with Crippen LogP contribution < -0.4 is 5.32 Å². The van der Waals surface area contributed by atoms with Crippen molar-refractivity contribution in [2.75, 3.05) is 5.32 Å². The molecule has 1 aromatic heterocycles. The molecule has 1 fully saturated rings. The van der Waals surface area contributed by atoms with Gasteiger partial charge in [-0.25, -0.2) is 0 Å². The lowest BCUT2D eigenvalue weighted by atomic mass is 9.95. The highest BCUT2D eigenvalue weighted by Crippen LogP contribution is 2.49. The van der Waals surface area contributed by atoms with Crippen LogP contribution in [-0.2, 0) is 10.2 Å². The Labute approximate surface area is 116 Å². The maximum Gasteiger partial charge on any atom is 0.236 e. The van der Waals surface area contributed by atoms with E-state index in [9.17, 15) is 4.79 Å². The molecule has 0 aliphatic heterocycles. The first-order chi connectivity index (χ1) is 9.10. The number of amides is 1. The van der Waals surface area contributed by atoms with E-state index in [-0.39, 0.29) is 5.91 Å². The molecule has 2 N–H and O–H groups in total. The second kappa shape index (κ2) is 4.38. The summed E-state index contributed by atoms with van der Waals surface area (Å²) in [6.45, 7) is 1.90. The zero-order valence-electron chi connectivity index (χ0n) is 10.5. The average Bonchev–Trinajstić information content (AvgIpc) is 3.09. The highest BCUT2D eigenvalue weighted by atomic mass is 35.5. The topological polar surface area (TPSA) is 57.8 Å². The second-order valence-electron chi connectivity index (χ2n) is 4.98. The molecule has 0 unspecified atom stereocenters. The third-order valence-corrected chi connectivity index (χ3v) is 3.74. The molecule has 0 atom stereocenters. The van der Waals surface area contributed by atoms with Crippen LogP contribution in [0.25, 0.3) is 0 Å². The summed E-state index contributed by atoms with van der Waals surface area (Å²) >= 11 is 6.00. The molecule has 0 radical (unpaired) electrons. The lowest BCUT2D eigenvalue weighted by Gasteiger charge is -2.14. The van der Waals surface area contributed by atoms with Crippen molar-refractivity contribution in [3.63, 3.8) is 0 Å². The Morgan fingerprint density at radius 2 is 2.21 bits per heavy atom. The quantitative estimate of drug-likeness (QED) is 0.904. The van der Waals surface area contributed by atoms with Crippen LogP contribution in [0.5, 0.6) is 0 Å². The second-order valence-corrected chi connectivity index (χ2v) is 5.42. The Morgan fingerprint density at radius 1 is 1.42 bits per heavy atom. The minimum atomic E-state index is -0.433. The van der Waals surface area contributed by atoms with Gasteiger partial charge in [-0.2, -0.15) is 5.10 Å². The molecule has 1 aliphatic carbocycles. The third-order valence-electron chi connectivity index (χ3n) is 3.51. The van der Waals surface area contributed by atoms with Crippen LogP contribution >= 0.6 is 11.6 Å². The molecule has 2 aromatic rings. The normalized spacial score (nSPS) is 16.1. The van der Waals surface area contributed by atoms with Gasteiger partial charge < -0.3 is 5.32 Å². The molecule has 1 amide bonds. The van der Waals surface area contributed by atoms with E-state index in [0.717, 1.165) is 24.1 Å². The number of benzene rings is 1. The number of carbonyl (C=O) groups excluding carboxylic acids is 1. The van der Waals surface area contributed by atoms with Gasteiger partial charge in [0.05, 0.1) is 5.41 Å². The molecule has 0 spiro atoms. The Balaban J connectivity index is 1.83. The van der Waals surface area contributed by atoms with Gasteiger partial charge in [-0.3, -0.25) is 9.89 Å². The summed E-state index contributed by atoms with van der Waals surface area (Å²) < 4.78 is 0. The summed E-state index contributed by atoms with van der Waals surface area (Å²) in [5, 5.41) is 10.4. The first-order valence-corrected chi connectivity index (χ1v) is 6.57. The van der Waals surface area contributed by atoms with Gasteiger partial charge in [-0.15, -0.1) is 0 Å². The van der Waals surface area contributed by atoms with Crippen molar-refractivity contribution in [2.45, 2.75) is 25.2 Å². The zero-order chi connectivity index (χ0) is 13.5. The monoisotopic (exact) mass is 275 g/mol. The SMILES string of the molecule is Cc1cc(NC(=O)C2(c3cccc(Cl)c3)CC2)n[nH]1. The van der Waals surface area contributed by atoms with E-state index < -0.39 is 5.41 Å². The number of aryl methyl sites for hydroxylation is 1. The van der Waals surface area contributed by atoms with Gasteiger partial charge in [0.25, 0.3) is 0 Å². The van der Waals surface area contributed by atoms with Crippen LogP contribution in [0.15, 0.2) is 30.3 Å². The van der Waals surface area contributed by atoms with Crippen LogP contribution in [0.3, 0.4) is 0 Å². The van der Waals surface area contributed by atoms with Crippen molar-refractivity contribution >= 4 is 23.3 Å². The molecule has 1 saturated carbocycles. The number of nitrogens with zero attached hydrogens (tertiary/aromatic N) is 1. The minimum absolute atomic E-state index is 0.0127. The van der Waals surface area contributed by atoms with Crippen molar-refractivity contribution in [2.24, 2.45) is 0 Å². The number of hydrogen-bond donors (Lipinski definition) is 2. The number of aromatic nitrogens is 2. The van der Waals surface area contributed by atoms with Gasteiger partial charge >= 0.3 is 0 Å². The number of nitrogens with one attached hydrogen (secondary N) is 2. The van der Waals surface area contributed by atoms with Gasteiger partial charge in [0.2, 0.25) is 5.91 Å². The van der Waals surface area contributed by atoms with Gasteiger partial charge in [0, 0.05) is 16.8 Å². The van der Waals surface area contributed by atoms with Gasteiger partial charge in [-0.1, -0.05) is 23.7 Å². The molecule has 1 aliphatic rings. The van der Waals surface area contributed by atoms with Gasteiger partial charge in [-0.05, 0) is 37.5 Å². The van der Waals surface area contributed by atoms with Crippen LogP contribution in [0.2, 0.25) is 5.02 Å². The maximum absolute atomic E-state index is 12.4. The van der Waals surface area contributed by atoms with Crippen molar-refractivity contribution in [3.8, 4) is 0 Å². The Hall–Kier alpha value is -1.81. The van der Waals surface area contributed by atoms with Gasteiger partial charge in [0.1, 0.15) is 0 Å². The van der Waals surface area contributed by atoms with E-state index in [0.29, 0.717) is 10.8 Å². The minimum Gasteiger partial charge on any atom is -0.308 e. The van der Waals surface area contributed by atoms with E-state index in [2.05, 4.69) is 15.5 Å². The van der Waals surface area contributed by atoms with Crippen molar-refractivity contribution < 1.29 is 4.79 Å². The van der Waals surface area contributed by atoms with Gasteiger partial charge in [0.15, 0.2) is 5.82 Å². The molecule has 1 aromatic carbocycles. The summed E-state index contributed by atoms with van der Waals surface area (Å²) in [6, 6.07) is 9.32. The van der Waals surface area contributed by atoms with Crippen LogP contribution in [0.4, 0.5) is 5.82 Å². The molecule has 98 valence electrons.